The molecule has 0 unspecified atom stereocenters. The van der Waals surface area contributed by atoms with Crippen LogP contribution in [-0.4, -0.2) is 11.7 Å². The standard InChI is InChI=1S/C5H5N.C3H3N.Y/c1-2-4-6-5-3-1;1-3-4-2;/h1-5H;1-3H;/q;-2;. The number of pyridine rings is 1. The zero-order chi connectivity index (χ0) is 7.66. The van der Waals surface area contributed by atoms with E-state index in [1.54, 1.807) is 12.4 Å². The van der Waals surface area contributed by atoms with Crippen molar-refractivity contribution in [3.05, 3.63) is 43.4 Å². The van der Waals surface area contributed by atoms with Gasteiger partial charge in [0, 0.05) is 45.1 Å². The number of hydrogen-bond donors (Lipinski definition) is 0. The Bertz CT molecular complexity index is 142. The van der Waals surface area contributed by atoms with E-state index in [2.05, 4.69) is 23.3 Å². The third kappa shape index (κ3) is 12.8. The third-order valence-electron chi connectivity index (χ3n) is 0.653. The van der Waals surface area contributed by atoms with Crippen LogP contribution in [0.2, 0.25) is 0 Å². The number of aliphatic imine (C=N–C) groups is 1. The van der Waals surface area contributed by atoms with E-state index in [1.807, 2.05) is 18.2 Å². The predicted molar refractivity (Wildman–Crippen MR) is 41.6 cm³/mol. The van der Waals surface area contributed by atoms with Gasteiger partial charge in [-0.3, -0.25) is 4.98 Å². The van der Waals surface area contributed by atoms with Crippen molar-refractivity contribution in [1.29, 1.82) is 0 Å². The van der Waals surface area contributed by atoms with Crippen molar-refractivity contribution in [2.24, 2.45) is 4.99 Å². The minimum atomic E-state index is 0. The summed E-state index contributed by atoms with van der Waals surface area (Å²) in [5, 5.41) is 0. The Labute approximate surface area is 92.3 Å². The van der Waals surface area contributed by atoms with Gasteiger partial charge in [0.05, 0.1) is 0 Å². The molecule has 0 amide bonds. The van der Waals surface area contributed by atoms with Crippen molar-refractivity contribution < 1.29 is 32.7 Å². The van der Waals surface area contributed by atoms with Gasteiger partial charge < -0.3 is 17.8 Å². The molecule has 0 N–H and O–H groups in total. The van der Waals surface area contributed by atoms with Crippen molar-refractivity contribution in [2.75, 3.05) is 0 Å². The van der Waals surface area contributed by atoms with Gasteiger partial charge in [-0.1, -0.05) is 6.07 Å². The van der Waals surface area contributed by atoms with Gasteiger partial charge in [-0.2, -0.15) is 6.72 Å². The first-order valence-corrected chi connectivity index (χ1v) is 2.70. The van der Waals surface area contributed by atoms with Gasteiger partial charge in [-0.25, -0.2) is 0 Å². The van der Waals surface area contributed by atoms with E-state index in [4.69, 9.17) is 0 Å². The van der Waals surface area contributed by atoms with Gasteiger partial charge >= 0.3 is 0 Å². The molecule has 0 aliphatic rings. The van der Waals surface area contributed by atoms with E-state index < -0.39 is 0 Å². The molecule has 0 atom stereocenters. The molecule has 1 heterocycles. The summed E-state index contributed by atoms with van der Waals surface area (Å²) >= 11 is 0. The summed E-state index contributed by atoms with van der Waals surface area (Å²) in [5.41, 5.74) is 0. The summed E-state index contributed by atoms with van der Waals surface area (Å²) in [4.78, 5) is 6.67. The van der Waals surface area contributed by atoms with Crippen LogP contribution in [0.5, 0.6) is 0 Å². The van der Waals surface area contributed by atoms with Crippen LogP contribution in [0, 0.1) is 6.58 Å². The Kier molecular flexibility index (Phi) is 14.9. The number of hydrogen-bond acceptors (Lipinski definition) is 2. The molecule has 11 heavy (non-hydrogen) atoms. The van der Waals surface area contributed by atoms with Gasteiger partial charge in [0.2, 0.25) is 0 Å². The van der Waals surface area contributed by atoms with Gasteiger partial charge in [-0.05, 0) is 12.1 Å². The van der Waals surface area contributed by atoms with Gasteiger partial charge in [0.1, 0.15) is 0 Å². The van der Waals surface area contributed by atoms with Crippen LogP contribution in [0.3, 0.4) is 0 Å². The molecule has 0 fully saturated rings. The molecule has 55 valence electrons. The molecule has 0 saturated carbocycles. The van der Waals surface area contributed by atoms with E-state index in [0.29, 0.717) is 0 Å². The largest absolute Gasteiger partial charge is 0.601 e. The van der Waals surface area contributed by atoms with Crippen LogP contribution in [0.25, 0.3) is 0 Å². The second kappa shape index (κ2) is 12.4. The molecule has 1 aromatic heterocycles. The summed E-state index contributed by atoms with van der Waals surface area (Å²) in [6.07, 6.45) is 4.53. The third-order valence-corrected chi connectivity index (χ3v) is 0.653. The Balaban J connectivity index is 0. The summed E-state index contributed by atoms with van der Waals surface area (Å²) in [6.45, 7) is 9.08. The summed E-state index contributed by atoms with van der Waals surface area (Å²) in [6, 6.07) is 5.72. The molecule has 0 aliphatic carbocycles. The monoisotopic (exact) mass is 221 g/mol. The van der Waals surface area contributed by atoms with E-state index in [1.165, 1.54) is 0 Å². The van der Waals surface area contributed by atoms with Crippen molar-refractivity contribution in [2.45, 2.75) is 0 Å². The fourth-order valence-corrected chi connectivity index (χ4v) is 0.313. The Morgan fingerprint density at radius 3 is 1.73 bits per heavy atom. The average molecular weight is 221 g/mol. The second-order valence-electron chi connectivity index (χ2n) is 1.32. The van der Waals surface area contributed by atoms with Crippen LogP contribution in [0.4, 0.5) is 0 Å². The van der Waals surface area contributed by atoms with Crippen LogP contribution < -0.4 is 0 Å². The first-order chi connectivity index (χ1) is 4.91. The quantitative estimate of drug-likeness (QED) is 0.522. The number of aromatic nitrogens is 1. The minimum absolute atomic E-state index is 0. The van der Waals surface area contributed by atoms with Gasteiger partial charge in [0.15, 0.2) is 0 Å². The molecule has 0 aromatic carbocycles. The van der Waals surface area contributed by atoms with Gasteiger partial charge in [-0.15, -0.1) is 0 Å². The van der Waals surface area contributed by atoms with Crippen molar-refractivity contribution in [3.8, 4) is 0 Å². The summed E-state index contributed by atoms with van der Waals surface area (Å²) in [5.74, 6) is 0. The molecule has 3 heteroatoms. The number of nitrogens with zero attached hydrogens (tertiary/aromatic N) is 2. The molecule has 1 aromatic rings. The van der Waals surface area contributed by atoms with Gasteiger partial charge in [0.25, 0.3) is 0 Å². The molecule has 2 nitrogen and oxygen atoms in total. The molecule has 0 bridgehead atoms. The van der Waals surface area contributed by atoms with Crippen molar-refractivity contribution in [1.82, 2.24) is 4.98 Å². The fourth-order valence-electron chi connectivity index (χ4n) is 0.313. The molecular weight excluding hydrogens is 213 g/mol. The van der Waals surface area contributed by atoms with Crippen LogP contribution >= 0.6 is 0 Å². The van der Waals surface area contributed by atoms with E-state index in [0.717, 1.165) is 6.20 Å². The zero-order valence-electron chi connectivity index (χ0n) is 6.09. The molecular formula is C8H8N2Y-2. The van der Waals surface area contributed by atoms with E-state index in [9.17, 15) is 0 Å². The summed E-state index contributed by atoms with van der Waals surface area (Å²) < 4.78 is 0. The normalized spacial score (nSPS) is 6.18. The molecule has 0 aliphatic heterocycles. The Morgan fingerprint density at radius 2 is 1.64 bits per heavy atom. The minimum Gasteiger partial charge on any atom is -0.601 e. The maximum Gasteiger partial charge on any atom is 0.0267 e. The first kappa shape index (κ1) is 13.3. The Hall–Kier alpha value is -0.336. The second-order valence-corrected chi connectivity index (χ2v) is 1.32. The maximum absolute atomic E-state index is 4.61. The SMILES string of the molecule is [CH-]=CN=[CH-].[Y].c1ccncc1. The Morgan fingerprint density at radius 1 is 1.18 bits per heavy atom. The predicted octanol–water partition coefficient (Wildman–Crippen LogP) is 1.59. The molecule has 1 rings (SSSR count). The van der Waals surface area contributed by atoms with Crippen LogP contribution in [0.15, 0.2) is 41.8 Å². The topological polar surface area (TPSA) is 25.2 Å². The van der Waals surface area contributed by atoms with Crippen LogP contribution in [0.1, 0.15) is 0 Å². The molecule has 1 radical (unpaired) electrons. The summed E-state index contributed by atoms with van der Waals surface area (Å²) in [7, 11) is 0. The molecule has 0 spiro atoms. The van der Waals surface area contributed by atoms with Crippen molar-refractivity contribution in [3.63, 3.8) is 0 Å². The van der Waals surface area contributed by atoms with Crippen molar-refractivity contribution >= 4 is 6.72 Å². The van der Waals surface area contributed by atoms with Crippen LogP contribution in [-0.2, 0) is 32.7 Å². The zero-order valence-corrected chi connectivity index (χ0v) is 8.93. The maximum atomic E-state index is 4.61. The average Bonchev–Trinajstić information content (AvgIpc) is 2.08. The van der Waals surface area contributed by atoms with E-state index >= 15 is 0 Å². The fraction of sp³-hybridized carbons (Fsp3) is 0. The smallest absolute Gasteiger partial charge is 0.0267 e. The first-order valence-electron chi connectivity index (χ1n) is 2.70. The number of rotatable bonds is 1. The molecule has 0 saturated heterocycles. The van der Waals surface area contributed by atoms with E-state index in [-0.39, 0.29) is 32.7 Å².